The summed E-state index contributed by atoms with van der Waals surface area (Å²) in [6.45, 7) is 10.8. The Hall–Kier alpha value is -0.570. The summed E-state index contributed by atoms with van der Waals surface area (Å²) < 4.78 is 0. The fourth-order valence-electron chi connectivity index (χ4n) is 2.70. The molecular formula is C14H28N2O. The molecule has 1 amide bonds. The zero-order chi connectivity index (χ0) is 13.1. The SMILES string of the molecule is CCC1(CC)CCN(C(=O)C(C)(CC)CN)C1. The molecule has 2 N–H and O–H groups in total. The van der Waals surface area contributed by atoms with Gasteiger partial charge in [-0.3, -0.25) is 4.79 Å². The number of hydrogen-bond acceptors (Lipinski definition) is 2. The Balaban J connectivity index is 2.74. The molecule has 17 heavy (non-hydrogen) atoms. The molecule has 0 aliphatic carbocycles. The van der Waals surface area contributed by atoms with Gasteiger partial charge in [-0.2, -0.15) is 0 Å². The normalized spacial score (nSPS) is 22.5. The molecule has 1 heterocycles. The lowest BCUT2D eigenvalue weighted by atomic mass is 9.81. The van der Waals surface area contributed by atoms with Gasteiger partial charge >= 0.3 is 0 Å². The quantitative estimate of drug-likeness (QED) is 0.802. The average Bonchev–Trinajstić information content (AvgIpc) is 2.82. The molecule has 1 aliphatic heterocycles. The minimum atomic E-state index is -0.364. The maximum Gasteiger partial charge on any atom is 0.229 e. The second kappa shape index (κ2) is 5.38. The van der Waals surface area contributed by atoms with Crippen molar-refractivity contribution in [2.24, 2.45) is 16.6 Å². The summed E-state index contributed by atoms with van der Waals surface area (Å²) in [6.07, 6.45) is 4.30. The van der Waals surface area contributed by atoms with Gasteiger partial charge in [0.05, 0.1) is 5.41 Å². The third kappa shape index (κ3) is 2.65. The van der Waals surface area contributed by atoms with Crippen molar-refractivity contribution in [3.05, 3.63) is 0 Å². The molecule has 1 unspecified atom stereocenters. The zero-order valence-corrected chi connectivity index (χ0v) is 11.9. The molecule has 0 aromatic heterocycles. The fourth-order valence-corrected chi connectivity index (χ4v) is 2.70. The highest BCUT2D eigenvalue weighted by Gasteiger charge is 2.41. The van der Waals surface area contributed by atoms with Crippen LogP contribution in [-0.4, -0.2) is 30.4 Å². The lowest BCUT2D eigenvalue weighted by Crippen LogP contribution is -2.45. The Morgan fingerprint density at radius 2 is 1.94 bits per heavy atom. The second-order valence-electron chi connectivity index (χ2n) is 5.80. The second-order valence-corrected chi connectivity index (χ2v) is 5.80. The maximum absolute atomic E-state index is 12.5. The van der Waals surface area contributed by atoms with Crippen molar-refractivity contribution < 1.29 is 4.79 Å². The third-order valence-electron chi connectivity index (χ3n) is 4.97. The van der Waals surface area contributed by atoms with Crippen molar-refractivity contribution in [2.75, 3.05) is 19.6 Å². The van der Waals surface area contributed by atoms with E-state index in [1.165, 1.54) is 12.8 Å². The number of amides is 1. The topological polar surface area (TPSA) is 46.3 Å². The smallest absolute Gasteiger partial charge is 0.229 e. The predicted octanol–water partition coefficient (Wildman–Crippen LogP) is 2.40. The molecular weight excluding hydrogens is 212 g/mol. The van der Waals surface area contributed by atoms with E-state index in [0.717, 1.165) is 25.9 Å². The Kier molecular flexibility index (Phi) is 4.59. The van der Waals surface area contributed by atoms with Crippen molar-refractivity contribution in [3.8, 4) is 0 Å². The van der Waals surface area contributed by atoms with Crippen molar-refractivity contribution >= 4 is 5.91 Å². The van der Waals surface area contributed by atoms with E-state index in [2.05, 4.69) is 13.8 Å². The number of carbonyl (C=O) groups excluding carboxylic acids is 1. The first kappa shape index (κ1) is 14.5. The van der Waals surface area contributed by atoms with E-state index in [-0.39, 0.29) is 11.3 Å². The summed E-state index contributed by atoms with van der Waals surface area (Å²) in [4.78, 5) is 14.5. The number of likely N-dealkylation sites (tertiary alicyclic amines) is 1. The summed E-state index contributed by atoms with van der Waals surface area (Å²) >= 11 is 0. The standard InChI is InChI=1S/C14H28N2O/c1-5-13(4,10-15)12(17)16-9-8-14(6-2,7-3)11-16/h5-11,15H2,1-4H3. The molecule has 0 saturated carbocycles. The molecule has 3 nitrogen and oxygen atoms in total. The molecule has 1 rings (SSSR count). The predicted molar refractivity (Wildman–Crippen MR) is 71.7 cm³/mol. The molecule has 1 saturated heterocycles. The van der Waals surface area contributed by atoms with Crippen molar-refractivity contribution in [1.82, 2.24) is 4.90 Å². The van der Waals surface area contributed by atoms with E-state index in [1.54, 1.807) is 0 Å². The van der Waals surface area contributed by atoms with Crippen LogP contribution in [0.25, 0.3) is 0 Å². The van der Waals surface area contributed by atoms with Gasteiger partial charge in [0.25, 0.3) is 0 Å². The van der Waals surface area contributed by atoms with Crippen LogP contribution < -0.4 is 5.73 Å². The van der Waals surface area contributed by atoms with Gasteiger partial charge in [-0.15, -0.1) is 0 Å². The molecule has 0 bridgehead atoms. The number of nitrogens with two attached hydrogens (primary N) is 1. The van der Waals surface area contributed by atoms with Crippen LogP contribution in [0.1, 0.15) is 53.4 Å². The minimum Gasteiger partial charge on any atom is -0.342 e. The Bertz CT molecular complexity index is 267. The van der Waals surface area contributed by atoms with Crippen LogP contribution in [-0.2, 0) is 4.79 Å². The van der Waals surface area contributed by atoms with Gasteiger partial charge in [0.1, 0.15) is 0 Å². The van der Waals surface area contributed by atoms with Gasteiger partial charge < -0.3 is 10.6 Å². The van der Waals surface area contributed by atoms with E-state index < -0.39 is 0 Å². The molecule has 0 radical (unpaired) electrons. The van der Waals surface area contributed by atoms with Gasteiger partial charge in [0.15, 0.2) is 0 Å². The van der Waals surface area contributed by atoms with Crippen molar-refractivity contribution in [3.63, 3.8) is 0 Å². The zero-order valence-electron chi connectivity index (χ0n) is 11.9. The Morgan fingerprint density at radius 1 is 1.35 bits per heavy atom. The first-order valence-electron chi connectivity index (χ1n) is 6.96. The van der Waals surface area contributed by atoms with Crippen LogP contribution in [0, 0.1) is 10.8 Å². The Labute approximate surface area is 106 Å². The van der Waals surface area contributed by atoms with E-state index >= 15 is 0 Å². The summed E-state index contributed by atoms with van der Waals surface area (Å²) in [7, 11) is 0. The molecule has 0 aromatic rings. The van der Waals surface area contributed by atoms with Gasteiger partial charge in [-0.05, 0) is 38.0 Å². The van der Waals surface area contributed by atoms with Crippen LogP contribution >= 0.6 is 0 Å². The van der Waals surface area contributed by atoms with Crippen LogP contribution in [0.5, 0.6) is 0 Å². The van der Waals surface area contributed by atoms with Gasteiger partial charge in [-0.1, -0.05) is 20.8 Å². The number of hydrogen-bond donors (Lipinski definition) is 1. The number of rotatable bonds is 5. The van der Waals surface area contributed by atoms with Crippen LogP contribution in [0.3, 0.4) is 0 Å². The fraction of sp³-hybridized carbons (Fsp3) is 0.929. The number of carbonyl (C=O) groups is 1. The van der Waals surface area contributed by atoms with E-state index in [0.29, 0.717) is 12.0 Å². The molecule has 0 spiro atoms. The highest BCUT2D eigenvalue weighted by atomic mass is 16.2. The molecule has 1 aliphatic rings. The van der Waals surface area contributed by atoms with Gasteiger partial charge in [0, 0.05) is 19.6 Å². The molecule has 0 aromatic carbocycles. The lowest BCUT2D eigenvalue weighted by Gasteiger charge is -2.32. The van der Waals surface area contributed by atoms with Crippen molar-refractivity contribution in [1.29, 1.82) is 0 Å². The first-order chi connectivity index (χ1) is 7.97. The van der Waals surface area contributed by atoms with Crippen molar-refractivity contribution in [2.45, 2.75) is 53.4 Å². The largest absolute Gasteiger partial charge is 0.342 e. The van der Waals surface area contributed by atoms with Crippen LogP contribution in [0.15, 0.2) is 0 Å². The summed E-state index contributed by atoms with van der Waals surface area (Å²) in [6, 6.07) is 0. The summed E-state index contributed by atoms with van der Waals surface area (Å²) in [5.74, 6) is 0.256. The first-order valence-corrected chi connectivity index (χ1v) is 6.96. The molecule has 3 heteroatoms. The minimum absolute atomic E-state index is 0.256. The summed E-state index contributed by atoms with van der Waals surface area (Å²) in [5, 5.41) is 0. The van der Waals surface area contributed by atoms with E-state index in [9.17, 15) is 4.79 Å². The Morgan fingerprint density at radius 3 is 2.29 bits per heavy atom. The van der Waals surface area contributed by atoms with Crippen LogP contribution in [0.2, 0.25) is 0 Å². The van der Waals surface area contributed by atoms with E-state index in [4.69, 9.17) is 5.73 Å². The number of nitrogens with zero attached hydrogens (tertiary/aromatic N) is 1. The maximum atomic E-state index is 12.5. The van der Waals surface area contributed by atoms with Crippen LogP contribution in [0.4, 0.5) is 0 Å². The highest BCUT2D eigenvalue weighted by molar-refractivity contribution is 5.82. The highest BCUT2D eigenvalue weighted by Crippen LogP contribution is 2.38. The summed E-state index contributed by atoms with van der Waals surface area (Å²) in [5.41, 5.74) is 5.77. The van der Waals surface area contributed by atoms with E-state index in [1.807, 2.05) is 18.7 Å². The van der Waals surface area contributed by atoms with Gasteiger partial charge in [0.2, 0.25) is 5.91 Å². The molecule has 100 valence electrons. The molecule has 1 atom stereocenters. The van der Waals surface area contributed by atoms with Gasteiger partial charge in [-0.25, -0.2) is 0 Å². The monoisotopic (exact) mass is 240 g/mol. The molecule has 1 fully saturated rings. The lowest BCUT2D eigenvalue weighted by molar-refractivity contribution is -0.140. The average molecular weight is 240 g/mol. The third-order valence-corrected chi connectivity index (χ3v) is 4.97.